The summed E-state index contributed by atoms with van der Waals surface area (Å²) in [5.74, 6) is -0.458. The van der Waals surface area contributed by atoms with Gasteiger partial charge in [-0.05, 0) is 37.1 Å². The number of nitriles is 1. The topological polar surface area (TPSA) is 73.2 Å². The summed E-state index contributed by atoms with van der Waals surface area (Å²) in [4.78, 5) is 26.6. The molecule has 1 aliphatic rings. The summed E-state index contributed by atoms with van der Waals surface area (Å²) < 4.78 is 0. The normalized spacial score (nSPS) is 15.6. The number of thioether (sulfide) groups is 1. The van der Waals surface area contributed by atoms with Crippen molar-refractivity contribution < 1.29 is 9.59 Å². The second kappa shape index (κ2) is 7.46. The maximum Gasteiger partial charge on any atom is 0.269 e. The van der Waals surface area contributed by atoms with Gasteiger partial charge in [-0.1, -0.05) is 48.2 Å². The van der Waals surface area contributed by atoms with Crippen molar-refractivity contribution in [2.24, 2.45) is 0 Å². The summed E-state index contributed by atoms with van der Waals surface area (Å²) in [6.07, 6.45) is 0. The molecule has 130 valence electrons. The number of hydrogen-bond donors (Lipinski definition) is 1. The first kappa shape index (κ1) is 17.8. The first-order valence-electron chi connectivity index (χ1n) is 8.05. The molecule has 1 heterocycles. The maximum atomic E-state index is 12.7. The Morgan fingerprint density at radius 2 is 1.77 bits per heavy atom. The fraction of sp³-hybridized carbons (Fsp3) is 0.150. The van der Waals surface area contributed by atoms with Gasteiger partial charge in [-0.3, -0.25) is 14.5 Å². The van der Waals surface area contributed by atoms with Crippen LogP contribution in [0, 0.1) is 25.2 Å². The summed E-state index contributed by atoms with van der Waals surface area (Å²) in [6, 6.07) is 16.7. The third-order valence-corrected chi connectivity index (χ3v) is 5.14. The van der Waals surface area contributed by atoms with E-state index in [9.17, 15) is 14.9 Å². The van der Waals surface area contributed by atoms with Crippen LogP contribution in [0.15, 0.2) is 59.1 Å². The molecule has 6 heteroatoms. The van der Waals surface area contributed by atoms with E-state index >= 15 is 0 Å². The van der Waals surface area contributed by atoms with E-state index < -0.39 is 5.91 Å². The minimum Gasteiger partial charge on any atom is -0.321 e. The lowest BCUT2D eigenvalue weighted by molar-refractivity contribution is -0.115. The average molecular weight is 363 g/mol. The van der Waals surface area contributed by atoms with Crippen LogP contribution in [0.5, 0.6) is 0 Å². The van der Waals surface area contributed by atoms with Crippen molar-refractivity contribution in [1.82, 2.24) is 0 Å². The molecule has 3 rings (SSSR count). The molecule has 1 aliphatic heterocycles. The summed E-state index contributed by atoms with van der Waals surface area (Å²) in [5.41, 5.74) is 3.07. The number of rotatable bonds is 3. The Balaban J connectivity index is 2.01. The molecule has 2 aromatic carbocycles. The van der Waals surface area contributed by atoms with Crippen LogP contribution in [0.2, 0.25) is 0 Å². The van der Waals surface area contributed by atoms with Crippen LogP contribution < -0.4 is 10.2 Å². The molecule has 0 unspecified atom stereocenters. The van der Waals surface area contributed by atoms with Gasteiger partial charge in [-0.15, -0.1) is 0 Å². The fourth-order valence-electron chi connectivity index (χ4n) is 2.71. The van der Waals surface area contributed by atoms with Crippen LogP contribution in [-0.4, -0.2) is 17.6 Å². The molecule has 0 aromatic heterocycles. The van der Waals surface area contributed by atoms with Gasteiger partial charge in [0, 0.05) is 5.69 Å². The standard InChI is InChI=1S/C20H17N3O2S/c1-13-7-3-5-9-16(13)22-19(25)15(11-21)20-23(18(24)12-26-20)17-10-6-4-8-14(17)2/h3-10H,12H2,1-2H3,(H,22,25)/b20-15+. The first-order valence-corrected chi connectivity index (χ1v) is 9.04. The van der Waals surface area contributed by atoms with E-state index in [1.807, 2.05) is 62.4 Å². The molecule has 5 nitrogen and oxygen atoms in total. The quantitative estimate of drug-likeness (QED) is 0.666. The number of nitrogens with one attached hydrogen (secondary N) is 1. The van der Waals surface area contributed by atoms with E-state index in [-0.39, 0.29) is 17.2 Å². The van der Waals surface area contributed by atoms with Crippen molar-refractivity contribution in [2.75, 3.05) is 16.0 Å². The van der Waals surface area contributed by atoms with Gasteiger partial charge in [0.05, 0.1) is 11.4 Å². The summed E-state index contributed by atoms with van der Waals surface area (Å²) in [6.45, 7) is 3.77. The third kappa shape index (κ3) is 3.35. The monoisotopic (exact) mass is 363 g/mol. The van der Waals surface area contributed by atoms with E-state index in [0.29, 0.717) is 16.4 Å². The Morgan fingerprint density at radius 1 is 1.12 bits per heavy atom. The van der Waals surface area contributed by atoms with Gasteiger partial charge in [-0.2, -0.15) is 5.26 Å². The van der Waals surface area contributed by atoms with E-state index in [0.717, 1.165) is 11.1 Å². The number of hydrogen-bond acceptors (Lipinski definition) is 4. The highest BCUT2D eigenvalue weighted by Gasteiger charge is 2.33. The number of nitrogens with zero attached hydrogens (tertiary/aromatic N) is 2. The molecule has 2 aromatic rings. The minimum atomic E-state index is -0.516. The van der Waals surface area contributed by atoms with Crippen molar-refractivity contribution in [2.45, 2.75) is 13.8 Å². The third-order valence-electron chi connectivity index (χ3n) is 4.09. The molecular formula is C20H17N3O2S. The molecule has 0 spiro atoms. The van der Waals surface area contributed by atoms with Crippen LogP contribution in [0.4, 0.5) is 11.4 Å². The number of aryl methyl sites for hydroxylation is 2. The predicted octanol–water partition coefficient (Wildman–Crippen LogP) is 3.76. The van der Waals surface area contributed by atoms with E-state index in [1.165, 1.54) is 16.7 Å². The summed E-state index contributed by atoms with van der Waals surface area (Å²) >= 11 is 1.21. The smallest absolute Gasteiger partial charge is 0.269 e. The van der Waals surface area contributed by atoms with Crippen molar-refractivity contribution in [3.63, 3.8) is 0 Å². The van der Waals surface area contributed by atoms with Crippen LogP contribution in [-0.2, 0) is 9.59 Å². The molecule has 0 radical (unpaired) electrons. The molecule has 0 atom stereocenters. The zero-order valence-corrected chi connectivity index (χ0v) is 15.3. The number of carbonyl (C=O) groups is 2. The molecule has 1 fully saturated rings. The molecule has 1 N–H and O–H groups in total. The number of amides is 2. The molecule has 0 aliphatic carbocycles. The highest BCUT2D eigenvalue weighted by Crippen LogP contribution is 2.37. The first-order chi connectivity index (χ1) is 12.5. The van der Waals surface area contributed by atoms with Gasteiger partial charge in [0.25, 0.3) is 5.91 Å². The molecule has 0 saturated carbocycles. The molecule has 26 heavy (non-hydrogen) atoms. The van der Waals surface area contributed by atoms with E-state index in [2.05, 4.69) is 5.32 Å². The number of anilines is 2. The van der Waals surface area contributed by atoms with Crippen LogP contribution in [0.1, 0.15) is 11.1 Å². The average Bonchev–Trinajstić information content (AvgIpc) is 2.99. The molecule has 2 amide bonds. The highest BCUT2D eigenvalue weighted by atomic mass is 32.2. The Bertz CT molecular complexity index is 960. The van der Waals surface area contributed by atoms with Gasteiger partial charge in [-0.25, -0.2) is 0 Å². The SMILES string of the molecule is Cc1ccccc1NC(=O)/C(C#N)=C1/SCC(=O)N1c1ccccc1C. The molecule has 1 saturated heterocycles. The lowest BCUT2D eigenvalue weighted by Crippen LogP contribution is -2.27. The number of para-hydroxylation sites is 2. The van der Waals surface area contributed by atoms with E-state index in [4.69, 9.17) is 0 Å². The highest BCUT2D eigenvalue weighted by molar-refractivity contribution is 8.04. The zero-order chi connectivity index (χ0) is 18.7. The van der Waals surface area contributed by atoms with Crippen molar-refractivity contribution in [3.05, 3.63) is 70.3 Å². The largest absolute Gasteiger partial charge is 0.321 e. The fourth-order valence-corrected chi connectivity index (χ4v) is 3.71. The second-order valence-electron chi connectivity index (χ2n) is 5.87. The van der Waals surface area contributed by atoms with Crippen molar-refractivity contribution >= 4 is 35.0 Å². The van der Waals surface area contributed by atoms with E-state index in [1.54, 1.807) is 6.07 Å². The maximum absolute atomic E-state index is 12.7. The van der Waals surface area contributed by atoms with Gasteiger partial charge in [0.2, 0.25) is 5.91 Å². The molecule has 0 bridgehead atoms. The second-order valence-corrected chi connectivity index (χ2v) is 6.83. The van der Waals surface area contributed by atoms with Gasteiger partial charge >= 0.3 is 0 Å². The number of benzene rings is 2. The number of carbonyl (C=O) groups excluding carboxylic acids is 2. The van der Waals surface area contributed by atoms with Crippen LogP contribution in [0.25, 0.3) is 0 Å². The lowest BCUT2D eigenvalue weighted by atomic mass is 10.1. The Hall–Kier alpha value is -3.04. The van der Waals surface area contributed by atoms with Crippen LogP contribution >= 0.6 is 11.8 Å². The summed E-state index contributed by atoms with van der Waals surface area (Å²) in [5, 5.41) is 12.7. The van der Waals surface area contributed by atoms with Gasteiger partial charge in [0.1, 0.15) is 16.7 Å². The lowest BCUT2D eigenvalue weighted by Gasteiger charge is -2.20. The predicted molar refractivity (Wildman–Crippen MR) is 104 cm³/mol. The van der Waals surface area contributed by atoms with Crippen molar-refractivity contribution in [1.29, 1.82) is 5.26 Å². The van der Waals surface area contributed by atoms with Crippen LogP contribution in [0.3, 0.4) is 0 Å². The van der Waals surface area contributed by atoms with Gasteiger partial charge in [0.15, 0.2) is 0 Å². The van der Waals surface area contributed by atoms with Gasteiger partial charge < -0.3 is 5.32 Å². The Morgan fingerprint density at radius 3 is 2.42 bits per heavy atom. The Kier molecular flexibility index (Phi) is 5.10. The minimum absolute atomic E-state index is 0.0626. The zero-order valence-electron chi connectivity index (χ0n) is 14.4. The Labute approximate surface area is 156 Å². The summed E-state index contributed by atoms with van der Waals surface area (Å²) in [7, 11) is 0. The van der Waals surface area contributed by atoms with Crippen molar-refractivity contribution in [3.8, 4) is 6.07 Å². The molecular weight excluding hydrogens is 346 g/mol.